The van der Waals surface area contributed by atoms with Crippen molar-refractivity contribution >= 4 is 5.97 Å². The van der Waals surface area contributed by atoms with Crippen LogP contribution in [0.5, 0.6) is 0 Å². The van der Waals surface area contributed by atoms with Crippen LogP contribution >= 0.6 is 0 Å². The Labute approximate surface area is 158 Å². The Hall–Kier alpha value is -1.30. The SMILES string of the molecule is CC(=O)O[C@H]1CC[C@@]2(C)[C@H](CC[C@@H]3[C@@H]2CC[C@]2(C)/C(=C/C#N)CC[C@@H]32)C1. The van der Waals surface area contributed by atoms with E-state index in [2.05, 4.69) is 19.9 Å². The first kappa shape index (κ1) is 18.1. The Morgan fingerprint density at radius 1 is 1.15 bits per heavy atom. The van der Waals surface area contributed by atoms with Crippen molar-refractivity contribution in [3.05, 3.63) is 11.6 Å². The van der Waals surface area contributed by atoms with Crippen LogP contribution in [0.4, 0.5) is 0 Å². The Balaban J connectivity index is 1.55. The van der Waals surface area contributed by atoms with Crippen molar-refractivity contribution in [2.24, 2.45) is 34.5 Å². The third-order valence-electron chi connectivity index (χ3n) is 9.04. The summed E-state index contributed by atoms with van der Waals surface area (Å²) in [6.07, 6.45) is 12.9. The van der Waals surface area contributed by atoms with Crippen LogP contribution in [0.15, 0.2) is 11.6 Å². The van der Waals surface area contributed by atoms with Crippen molar-refractivity contribution in [3.8, 4) is 6.07 Å². The summed E-state index contributed by atoms with van der Waals surface area (Å²) < 4.78 is 5.57. The minimum Gasteiger partial charge on any atom is -0.463 e. The Morgan fingerprint density at radius 3 is 2.69 bits per heavy atom. The van der Waals surface area contributed by atoms with E-state index >= 15 is 0 Å². The first-order valence-electron chi connectivity index (χ1n) is 10.6. The zero-order chi connectivity index (χ0) is 18.5. The molecule has 0 saturated heterocycles. The van der Waals surface area contributed by atoms with Gasteiger partial charge < -0.3 is 4.74 Å². The number of allylic oxidation sites excluding steroid dienone is 2. The second-order valence-electron chi connectivity index (χ2n) is 9.96. The van der Waals surface area contributed by atoms with E-state index in [1.165, 1.54) is 44.1 Å². The predicted octanol–water partition coefficient (Wildman–Crippen LogP) is 5.41. The Morgan fingerprint density at radius 2 is 1.96 bits per heavy atom. The molecule has 4 saturated carbocycles. The molecular weight excluding hydrogens is 322 g/mol. The highest BCUT2D eigenvalue weighted by molar-refractivity contribution is 5.66. The van der Waals surface area contributed by atoms with Gasteiger partial charge in [0.1, 0.15) is 6.10 Å². The number of carbonyl (C=O) groups is 1. The average molecular weight is 356 g/mol. The fourth-order valence-corrected chi connectivity index (χ4v) is 7.72. The molecule has 4 fully saturated rings. The second kappa shape index (κ2) is 6.39. The van der Waals surface area contributed by atoms with E-state index < -0.39 is 0 Å². The van der Waals surface area contributed by atoms with E-state index in [4.69, 9.17) is 4.74 Å². The normalized spacial score (nSPS) is 48.8. The number of hydrogen-bond acceptors (Lipinski definition) is 3. The monoisotopic (exact) mass is 355 g/mol. The van der Waals surface area contributed by atoms with E-state index in [1.54, 1.807) is 6.92 Å². The number of fused-ring (bicyclic) bond motifs is 5. The van der Waals surface area contributed by atoms with E-state index in [-0.39, 0.29) is 17.5 Å². The van der Waals surface area contributed by atoms with Crippen molar-refractivity contribution in [2.45, 2.75) is 84.7 Å². The molecule has 7 atom stereocenters. The molecule has 0 aromatic rings. The van der Waals surface area contributed by atoms with E-state index in [9.17, 15) is 10.1 Å². The zero-order valence-corrected chi connectivity index (χ0v) is 16.6. The van der Waals surface area contributed by atoms with Gasteiger partial charge in [-0.15, -0.1) is 0 Å². The van der Waals surface area contributed by atoms with Crippen LogP contribution in [0.1, 0.15) is 78.6 Å². The Kier molecular flexibility index (Phi) is 4.45. The van der Waals surface area contributed by atoms with Crippen molar-refractivity contribution < 1.29 is 9.53 Å². The number of ether oxygens (including phenoxy) is 1. The molecule has 3 heteroatoms. The number of hydrogen-bond donors (Lipinski definition) is 0. The first-order valence-corrected chi connectivity index (χ1v) is 10.6. The van der Waals surface area contributed by atoms with Gasteiger partial charge in [-0.25, -0.2) is 0 Å². The van der Waals surface area contributed by atoms with Gasteiger partial charge in [0, 0.05) is 13.0 Å². The largest absolute Gasteiger partial charge is 0.463 e. The van der Waals surface area contributed by atoms with Crippen LogP contribution in [-0.4, -0.2) is 12.1 Å². The molecular formula is C23H33NO2. The summed E-state index contributed by atoms with van der Waals surface area (Å²) in [5.74, 6) is 3.00. The summed E-state index contributed by atoms with van der Waals surface area (Å²) >= 11 is 0. The molecule has 0 aromatic heterocycles. The minimum absolute atomic E-state index is 0.122. The molecule has 0 spiro atoms. The molecule has 0 heterocycles. The molecule has 3 nitrogen and oxygen atoms in total. The van der Waals surface area contributed by atoms with Crippen LogP contribution in [0, 0.1) is 45.8 Å². The molecule has 4 rings (SSSR count). The van der Waals surface area contributed by atoms with Gasteiger partial charge in [0.25, 0.3) is 0 Å². The van der Waals surface area contributed by atoms with Crippen LogP contribution in [0.2, 0.25) is 0 Å². The van der Waals surface area contributed by atoms with Crippen molar-refractivity contribution in [1.29, 1.82) is 5.26 Å². The summed E-state index contributed by atoms with van der Waals surface area (Å²) in [4.78, 5) is 11.4. The lowest BCUT2D eigenvalue weighted by Gasteiger charge is -2.60. The molecule has 0 unspecified atom stereocenters. The predicted molar refractivity (Wildman–Crippen MR) is 101 cm³/mol. The maximum Gasteiger partial charge on any atom is 0.302 e. The summed E-state index contributed by atoms with van der Waals surface area (Å²) in [5, 5.41) is 9.18. The molecule has 0 aliphatic heterocycles. The summed E-state index contributed by atoms with van der Waals surface area (Å²) in [7, 11) is 0. The van der Waals surface area contributed by atoms with Gasteiger partial charge in [0.15, 0.2) is 0 Å². The number of rotatable bonds is 1. The van der Waals surface area contributed by atoms with Gasteiger partial charge >= 0.3 is 5.97 Å². The van der Waals surface area contributed by atoms with E-state index in [0.717, 1.165) is 37.0 Å². The molecule has 0 radical (unpaired) electrons. The van der Waals surface area contributed by atoms with Crippen LogP contribution < -0.4 is 0 Å². The highest BCUT2D eigenvalue weighted by atomic mass is 16.5. The fraction of sp³-hybridized carbons (Fsp3) is 0.826. The number of nitrogens with zero attached hydrogens (tertiary/aromatic N) is 1. The lowest BCUT2D eigenvalue weighted by atomic mass is 9.45. The topological polar surface area (TPSA) is 50.1 Å². The first-order chi connectivity index (χ1) is 12.4. The fourth-order valence-electron chi connectivity index (χ4n) is 7.72. The van der Waals surface area contributed by atoms with Gasteiger partial charge in [-0.3, -0.25) is 4.79 Å². The third-order valence-corrected chi connectivity index (χ3v) is 9.04. The van der Waals surface area contributed by atoms with Crippen molar-refractivity contribution in [2.75, 3.05) is 0 Å². The smallest absolute Gasteiger partial charge is 0.302 e. The van der Waals surface area contributed by atoms with Gasteiger partial charge in [-0.1, -0.05) is 19.4 Å². The molecule has 4 aliphatic carbocycles. The molecule has 0 bridgehead atoms. The molecule has 4 aliphatic rings. The van der Waals surface area contributed by atoms with Gasteiger partial charge in [-0.05, 0) is 92.3 Å². The highest BCUT2D eigenvalue weighted by Gasteiger charge is 2.59. The average Bonchev–Trinajstić information content (AvgIpc) is 2.92. The van der Waals surface area contributed by atoms with Crippen LogP contribution in [0.3, 0.4) is 0 Å². The third kappa shape index (κ3) is 2.63. The van der Waals surface area contributed by atoms with Crippen LogP contribution in [-0.2, 0) is 9.53 Å². The standard InChI is InChI=1S/C23H33NO2/c1-15(25)26-18-8-11-23(3)17(14-18)4-6-19-20-7-5-16(10-13-24)22(20,2)12-9-21(19)23/h10,17-21H,4-9,11-12,14H2,1-3H3/b16-10+/t17-,18+,19+,20+,21+,22-,23+/m1/s1. The van der Waals surface area contributed by atoms with Gasteiger partial charge in [0.05, 0.1) is 6.07 Å². The van der Waals surface area contributed by atoms with Crippen LogP contribution in [0.25, 0.3) is 0 Å². The lowest BCUT2D eigenvalue weighted by molar-refractivity contribution is -0.158. The van der Waals surface area contributed by atoms with Crippen molar-refractivity contribution in [1.82, 2.24) is 0 Å². The quantitative estimate of drug-likeness (QED) is 0.467. The second-order valence-corrected chi connectivity index (χ2v) is 9.96. The van der Waals surface area contributed by atoms with Crippen molar-refractivity contribution in [3.63, 3.8) is 0 Å². The molecule has 26 heavy (non-hydrogen) atoms. The summed E-state index contributed by atoms with van der Waals surface area (Å²) in [6, 6.07) is 2.31. The lowest BCUT2D eigenvalue weighted by Crippen LogP contribution is -2.53. The van der Waals surface area contributed by atoms with Gasteiger partial charge in [0.2, 0.25) is 0 Å². The maximum absolute atomic E-state index is 11.4. The minimum atomic E-state index is -0.122. The zero-order valence-electron chi connectivity index (χ0n) is 16.6. The summed E-state index contributed by atoms with van der Waals surface area (Å²) in [5.41, 5.74) is 2.12. The summed E-state index contributed by atoms with van der Waals surface area (Å²) in [6.45, 7) is 6.53. The maximum atomic E-state index is 11.4. The molecule has 0 aromatic carbocycles. The highest BCUT2D eigenvalue weighted by Crippen LogP contribution is 2.67. The molecule has 0 amide bonds. The number of nitriles is 1. The number of carbonyl (C=O) groups excluding carboxylic acids is 1. The Bertz CT molecular complexity index is 662. The van der Waals surface area contributed by atoms with Gasteiger partial charge in [-0.2, -0.15) is 5.26 Å². The van der Waals surface area contributed by atoms with E-state index in [0.29, 0.717) is 11.3 Å². The number of esters is 1. The molecule has 0 N–H and O–H groups in total. The van der Waals surface area contributed by atoms with E-state index in [1.807, 2.05) is 6.08 Å². The molecule has 142 valence electrons.